The van der Waals surface area contributed by atoms with Gasteiger partial charge in [-0.2, -0.15) is 0 Å². The van der Waals surface area contributed by atoms with E-state index < -0.39 is 0 Å². The molecule has 0 atom stereocenters. The van der Waals surface area contributed by atoms with Gasteiger partial charge in [0.1, 0.15) is 0 Å². The standard InChI is InChI=1S/C18H34N2/c1-2-16-6-8-17(9-7-16)14-20-13-12-19-18(15-20)10-4-3-5-11-18/h16-17,19H,2-15H2,1H3. The van der Waals surface area contributed by atoms with Crippen molar-refractivity contribution < 1.29 is 0 Å². The summed E-state index contributed by atoms with van der Waals surface area (Å²) < 4.78 is 0. The maximum absolute atomic E-state index is 3.88. The summed E-state index contributed by atoms with van der Waals surface area (Å²) in [5.41, 5.74) is 0.497. The molecule has 3 rings (SSSR count). The lowest BCUT2D eigenvalue weighted by Gasteiger charge is -2.47. The van der Waals surface area contributed by atoms with Crippen LogP contribution in [0.4, 0.5) is 0 Å². The van der Waals surface area contributed by atoms with E-state index in [1.165, 1.54) is 90.4 Å². The highest BCUT2D eigenvalue weighted by molar-refractivity contribution is 4.97. The largest absolute Gasteiger partial charge is 0.309 e. The molecule has 3 fully saturated rings. The summed E-state index contributed by atoms with van der Waals surface area (Å²) in [5.74, 6) is 2.04. The van der Waals surface area contributed by atoms with Crippen LogP contribution in [0.15, 0.2) is 0 Å². The molecular formula is C18H34N2. The van der Waals surface area contributed by atoms with Gasteiger partial charge in [-0.25, -0.2) is 0 Å². The van der Waals surface area contributed by atoms with Gasteiger partial charge in [-0.1, -0.05) is 45.4 Å². The molecule has 3 aliphatic rings. The molecule has 1 saturated heterocycles. The van der Waals surface area contributed by atoms with Crippen molar-refractivity contribution in [1.82, 2.24) is 10.2 Å². The van der Waals surface area contributed by atoms with E-state index in [1.54, 1.807) is 0 Å². The summed E-state index contributed by atoms with van der Waals surface area (Å²) in [7, 11) is 0. The zero-order chi connectivity index (χ0) is 13.8. The van der Waals surface area contributed by atoms with E-state index in [9.17, 15) is 0 Å². The fourth-order valence-electron chi connectivity index (χ4n) is 4.95. The SMILES string of the molecule is CCC1CCC(CN2CCNC3(CCCCC3)C2)CC1. The molecule has 2 heteroatoms. The first kappa shape index (κ1) is 14.8. The predicted octanol–water partition coefficient (Wildman–Crippen LogP) is 3.81. The van der Waals surface area contributed by atoms with Crippen LogP contribution in [0.1, 0.15) is 71.1 Å². The van der Waals surface area contributed by atoms with Gasteiger partial charge in [0.15, 0.2) is 0 Å². The average molecular weight is 278 g/mol. The molecular weight excluding hydrogens is 244 g/mol. The molecule has 1 N–H and O–H groups in total. The lowest BCUT2D eigenvalue weighted by molar-refractivity contribution is 0.0780. The summed E-state index contributed by atoms with van der Waals surface area (Å²) in [6.45, 7) is 7.61. The smallest absolute Gasteiger partial charge is 0.0309 e. The van der Waals surface area contributed by atoms with Gasteiger partial charge in [0.2, 0.25) is 0 Å². The van der Waals surface area contributed by atoms with Crippen LogP contribution in [-0.4, -0.2) is 36.6 Å². The third-order valence-corrected chi connectivity index (χ3v) is 6.33. The molecule has 0 aromatic rings. The van der Waals surface area contributed by atoms with E-state index >= 15 is 0 Å². The predicted molar refractivity (Wildman–Crippen MR) is 86.0 cm³/mol. The summed E-state index contributed by atoms with van der Waals surface area (Å²) >= 11 is 0. The van der Waals surface area contributed by atoms with Gasteiger partial charge in [0, 0.05) is 31.7 Å². The molecule has 2 saturated carbocycles. The molecule has 0 unspecified atom stereocenters. The van der Waals surface area contributed by atoms with E-state index in [0.717, 1.165) is 11.8 Å². The number of piperazine rings is 1. The molecule has 1 aliphatic heterocycles. The number of nitrogens with zero attached hydrogens (tertiary/aromatic N) is 1. The maximum Gasteiger partial charge on any atom is 0.0309 e. The average Bonchev–Trinajstić information content (AvgIpc) is 2.49. The number of hydrogen-bond acceptors (Lipinski definition) is 2. The Hall–Kier alpha value is -0.0800. The van der Waals surface area contributed by atoms with Crippen molar-refractivity contribution in [1.29, 1.82) is 0 Å². The Kier molecular flexibility index (Phi) is 5.04. The minimum Gasteiger partial charge on any atom is -0.309 e. The van der Waals surface area contributed by atoms with Gasteiger partial charge >= 0.3 is 0 Å². The van der Waals surface area contributed by atoms with Gasteiger partial charge in [0.25, 0.3) is 0 Å². The van der Waals surface area contributed by atoms with E-state index in [1.807, 2.05) is 0 Å². The van der Waals surface area contributed by atoms with Crippen molar-refractivity contribution in [3.63, 3.8) is 0 Å². The zero-order valence-corrected chi connectivity index (χ0v) is 13.5. The molecule has 1 heterocycles. The normalized spacial score (nSPS) is 35.2. The highest BCUT2D eigenvalue weighted by Gasteiger charge is 2.36. The quantitative estimate of drug-likeness (QED) is 0.844. The Bertz CT molecular complexity index is 282. The summed E-state index contributed by atoms with van der Waals surface area (Å²) in [6, 6.07) is 0. The minimum atomic E-state index is 0.497. The fourth-order valence-corrected chi connectivity index (χ4v) is 4.95. The fraction of sp³-hybridized carbons (Fsp3) is 1.00. The Morgan fingerprint density at radius 3 is 2.40 bits per heavy atom. The second-order valence-electron chi connectivity index (χ2n) is 7.80. The van der Waals surface area contributed by atoms with Crippen LogP contribution in [0.25, 0.3) is 0 Å². The Morgan fingerprint density at radius 1 is 1.00 bits per heavy atom. The molecule has 0 amide bonds. The van der Waals surface area contributed by atoms with Gasteiger partial charge in [-0.15, -0.1) is 0 Å². The highest BCUT2D eigenvalue weighted by Crippen LogP contribution is 2.34. The third kappa shape index (κ3) is 3.57. The number of nitrogens with one attached hydrogen (secondary N) is 1. The van der Waals surface area contributed by atoms with E-state index in [0.29, 0.717) is 5.54 Å². The molecule has 2 nitrogen and oxygen atoms in total. The first-order valence-corrected chi connectivity index (χ1v) is 9.27. The first-order chi connectivity index (χ1) is 9.80. The molecule has 116 valence electrons. The van der Waals surface area contributed by atoms with Crippen LogP contribution in [-0.2, 0) is 0 Å². The minimum absolute atomic E-state index is 0.497. The van der Waals surface area contributed by atoms with Crippen LogP contribution < -0.4 is 5.32 Å². The molecule has 0 aromatic heterocycles. The molecule has 2 aliphatic carbocycles. The zero-order valence-electron chi connectivity index (χ0n) is 13.5. The van der Waals surface area contributed by atoms with Crippen LogP contribution >= 0.6 is 0 Å². The van der Waals surface area contributed by atoms with E-state index in [-0.39, 0.29) is 0 Å². The van der Waals surface area contributed by atoms with Crippen LogP contribution in [0, 0.1) is 11.8 Å². The Labute approximate surface area is 125 Å². The highest BCUT2D eigenvalue weighted by atomic mass is 15.2. The van der Waals surface area contributed by atoms with Crippen molar-refractivity contribution in [2.24, 2.45) is 11.8 Å². The van der Waals surface area contributed by atoms with Crippen molar-refractivity contribution in [3.8, 4) is 0 Å². The van der Waals surface area contributed by atoms with Crippen molar-refractivity contribution >= 4 is 0 Å². The van der Waals surface area contributed by atoms with Crippen molar-refractivity contribution in [2.75, 3.05) is 26.2 Å². The number of rotatable bonds is 3. The first-order valence-electron chi connectivity index (χ1n) is 9.27. The number of hydrogen-bond donors (Lipinski definition) is 1. The van der Waals surface area contributed by atoms with Gasteiger partial charge in [-0.3, -0.25) is 4.90 Å². The molecule has 0 radical (unpaired) electrons. The lowest BCUT2D eigenvalue weighted by atomic mass is 9.78. The molecule has 0 aromatic carbocycles. The van der Waals surface area contributed by atoms with E-state index in [4.69, 9.17) is 0 Å². The Morgan fingerprint density at radius 2 is 1.70 bits per heavy atom. The Balaban J connectivity index is 1.48. The lowest BCUT2D eigenvalue weighted by Crippen LogP contribution is -2.61. The van der Waals surface area contributed by atoms with E-state index in [2.05, 4.69) is 17.1 Å². The third-order valence-electron chi connectivity index (χ3n) is 6.33. The second kappa shape index (κ2) is 6.79. The van der Waals surface area contributed by atoms with Gasteiger partial charge in [0.05, 0.1) is 0 Å². The maximum atomic E-state index is 3.88. The monoisotopic (exact) mass is 278 g/mol. The van der Waals surface area contributed by atoms with Crippen LogP contribution in [0.3, 0.4) is 0 Å². The molecule has 0 bridgehead atoms. The van der Waals surface area contributed by atoms with Crippen molar-refractivity contribution in [2.45, 2.75) is 76.7 Å². The summed E-state index contributed by atoms with van der Waals surface area (Å²) in [4.78, 5) is 2.80. The van der Waals surface area contributed by atoms with Crippen LogP contribution in [0.2, 0.25) is 0 Å². The van der Waals surface area contributed by atoms with Gasteiger partial charge < -0.3 is 5.32 Å². The second-order valence-corrected chi connectivity index (χ2v) is 7.80. The van der Waals surface area contributed by atoms with Crippen molar-refractivity contribution in [3.05, 3.63) is 0 Å². The van der Waals surface area contributed by atoms with Gasteiger partial charge in [-0.05, 0) is 37.5 Å². The topological polar surface area (TPSA) is 15.3 Å². The summed E-state index contributed by atoms with van der Waals surface area (Å²) in [5, 5.41) is 3.88. The molecule has 20 heavy (non-hydrogen) atoms. The summed E-state index contributed by atoms with van der Waals surface area (Å²) in [6.07, 6.45) is 14.6. The van der Waals surface area contributed by atoms with Crippen LogP contribution in [0.5, 0.6) is 0 Å². The molecule has 1 spiro atoms.